The fourth-order valence-corrected chi connectivity index (χ4v) is 2.24. The summed E-state index contributed by atoms with van der Waals surface area (Å²) >= 11 is 5.96. The Hall–Kier alpha value is -2.60. The lowest BCUT2D eigenvalue weighted by molar-refractivity contribution is -0.138. The molecule has 2 N–H and O–H groups in total. The van der Waals surface area contributed by atoms with Crippen LogP contribution in [0.1, 0.15) is 19.4 Å². The third kappa shape index (κ3) is 4.70. The lowest BCUT2D eigenvalue weighted by atomic mass is 9.90. The van der Waals surface area contributed by atoms with Crippen molar-refractivity contribution in [1.82, 2.24) is 10.3 Å². The summed E-state index contributed by atoms with van der Waals surface area (Å²) in [6.07, 6.45) is 3.31. The van der Waals surface area contributed by atoms with Crippen LogP contribution in [0.2, 0.25) is 5.02 Å². The molecular formula is C18H20ClN3O3. The number of halogens is 1. The summed E-state index contributed by atoms with van der Waals surface area (Å²) in [5.74, 6) is -0.393. The van der Waals surface area contributed by atoms with Crippen LogP contribution in [-0.4, -0.2) is 23.9 Å². The second kappa shape index (κ2) is 7.98. The predicted molar refractivity (Wildman–Crippen MR) is 96.5 cm³/mol. The second-order valence-corrected chi connectivity index (χ2v) is 6.40. The van der Waals surface area contributed by atoms with Crippen molar-refractivity contribution in [2.75, 3.05) is 12.4 Å². The molecule has 1 heterocycles. The van der Waals surface area contributed by atoms with Crippen LogP contribution in [0.5, 0.6) is 5.75 Å². The van der Waals surface area contributed by atoms with Gasteiger partial charge in [0.25, 0.3) is 0 Å². The van der Waals surface area contributed by atoms with Gasteiger partial charge in [-0.25, -0.2) is 0 Å². The van der Waals surface area contributed by atoms with Crippen molar-refractivity contribution >= 4 is 29.1 Å². The molecule has 0 spiro atoms. The first-order valence-electron chi connectivity index (χ1n) is 7.67. The molecule has 1 aromatic carbocycles. The van der Waals surface area contributed by atoms with Crippen LogP contribution >= 0.6 is 11.6 Å². The zero-order valence-corrected chi connectivity index (χ0v) is 15.1. The fraction of sp³-hybridized carbons (Fsp3) is 0.278. The number of amides is 2. The minimum Gasteiger partial charge on any atom is -0.495 e. The number of nitrogens with one attached hydrogen (secondary N) is 2. The minimum absolute atomic E-state index is 0.296. The van der Waals surface area contributed by atoms with Gasteiger partial charge in [0.05, 0.1) is 12.8 Å². The van der Waals surface area contributed by atoms with E-state index in [1.807, 2.05) is 6.07 Å². The van der Waals surface area contributed by atoms with Crippen molar-refractivity contribution in [1.29, 1.82) is 0 Å². The summed E-state index contributed by atoms with van der Waals surface area (Å²) in [7, 11) is 1.49. The van der Waals surface area contributed by atoms with E-state index in [0.29, 0.717) is 23.0 Å². The van der Waals surface area contributed by atoms with Gasteiger partial charge in [0.2, 0.25) is 11.8 Å². The van der Waals surface area contributed by atoms with E-state index in [9.17, 15) is 9.59 Å². The summed E-state index contributed by atoms with van der Waals surface area (Å²) in [6.45, 7) is 3.40. The van der Waals surface area contributed by atoms with E-state index in [1.165, 1.54) is 7.11 Å². The highest BCUT2D eigenvalue weighted by Crippen LogP contribution is 2.29. The van der Waals surface area contributed by atoms with E-state index >= 15 is 0 Å². The number of benzene rings is 1. The largest absolute Gasteiger partial charge is 0.495 e. The molecule has 1 aromatic heterocycles. The topological polar surface area (TPSA) is 80.3 Å². The highest BCUT2D eigenvalue weighted by atomic mass is 35.5. The van der Waals surface area contributed by atoms with Crippen LogP contribution < -0.4 is 15.4 Å². The monoisotopic (exact) mass is 361 g/mol. The number of nitrogens with zero attached hydrogens (tertiary/aromatic N) is 1. The van der Waals surface area contributed by atoms with Crippen molar-refractivity contribution in [2.45, 2.75) is 20.4 Å². The van der Waals surface area contributed by atoms with Crippen molar-refractivity contribution in [3.63, 3.8) is 0 Å². The van der Waals surface area contributed by atoms with Crippen LogP contribution in [0.4, 0.5) is 5.69 Å². The molecule has 0 aliphatic heterocycles. The zero-order chi connectivity index (χ0) is 18.4. The average molecular weight is 362 g/mol. The number of hydrogen-bond acceptors (Lipinski definition) is 4. The summed E-state index contributed by atoms with van der Waals surface area (Å²) in [5, 5.41) is 5.90. The highest BCUT2D eigenvalue weighted by Gasteiger charge is 2.36. The van der Waals surface area contributed by atoms with Gasteiger partial charge >= 0.3 is 0 Å². The molecular weight excluding hydrogens is 342 g/mol. The highest BCUT2D eigenvalue weighted by molar-refractivity contribution is 6.31. The Labute approximate surface area is 151 Å². The Morgan fingerprint density at radius 1 is 1.24 bits per heavy atom. The zero-order valence-electron chi connectivity index (χ0n) is 14.3. The van der Waals surface area contributed by atoms with E-state index in [1.54, 1.807) is 50.5 Å². The van der Waals surface area contributed by atoms with Crippen molar-refractivity contribution in [3.05, 3.63) is 53.3 Å². The lowest BCUT2D eigenvalue weighted by Crippen LogP contribution is -2.44. The van der Waals surface area contributed by atoms with Crippen molar-refractivity contribution < 1.29 is 14.3 Å². The van der Waals surface area contributed by atoms with Crippen molar-refractivity contribution in [2.24, 2.45) is 5.41 Å². The molecule has 0 bridgehead atoms. The van der Waals surface area contributed by atoms with E-state index in [0.717, 1.165) is 5.56 Å². The first-order valence-corrected chi connectivity index (χ1v) is 8.04. The molecule has 25 heavy (non-hydrogen) atoms. The number of anilines is 1. The van der Waals surface area contributed by atoms with Gasteiger partial charge in [0.15, 0.2) is 0 Å². The minimum atomic E-state index is -1.28. The van der Waals surface area contributed by atoms with E-state index in [4.69, 9.17) is 16.3 Å². The van der Waals surface area contributed by atoms with Gasteiger partial charge in [0, 0.05) is 24.0 Å². The summed E-state index contributed by atoms with van der Waals surface area (Å²) < 4.78 is 5.20. The van der Waals surface area contributed by atoms with Gasteiger partial charge < -0.3 is 15.4 Å². The molecule has 2 rings (SSSR count). The summed E-state index contributed by atoms with van der Waals surface area (Å²) in [5.41, 5.74) is -0.0214. The molecule has 0 unspecified atom stereocenters. The normalized spacial score (nSPS) is 10.9. The Morgan fingerprint density at radius 3 is 2.64 bits per heavy atom. The maximum absolute atomic E-state index is 12.6. The van der Waals surface area contributed by atoms with Crippen molar-refractivity contribution in [3.8, 4) is 5.75 Å². The van der Waals surface area contributed by atoms with Crippen LogP contribution in [0.25, 0.3) is 0 Å². The fourth-order valence-electron chi connectivity index (χ4n) is 2.07. The molecule has 0 atom stereocenters. The molecule has 6 nitrogen and oxygen atoms in total. The van der Waals surface area contributed by atoms with Crippen LogP contribution in [0.3, 0.4) is 0 Å². The van der Waals surface area contributed by atoms with Crippen LogP contribution in [-0.2, 0) is 16.1 Å². The Balaban J connectivity index is 2.06. The van der Waals surface area contributed by atoms with Gasteiger partial charge in [-0.05, 0) is 43.7 Å². The lowest BCUT2D eigenvalue weighted by Gasteiger charge is -2.23. The number of aromatic nitrogens is 1. The molecule has 0 aliphatic rings. The smallest absolute Gasteiger partial charge is 0.239 e. The van der Waals surface area contributed by atoms with Crippen LogP contribution in [0.15, 0.2) is 42.7 Å². The summed E-state index contributed by atoms with van der Waals surface area (Å²) in [4.78, 5) is 29.0. The number of rotatable bonds is 6. The molecule has 132 valence electrons. The first kappa shape index (κ1) is 18.7. The number of methoxy groups -OCH3 is 1. The summed E-state index contributed by atoms with van der Waals surface area (Å²) in [6, 6.07) is 8.50. The van der Waals surface area contributed by atoms with E-state index in [-0.39, 0.29) is 0 Å². The van der Waals surface area contributed by atoms with Gasteiger partial charge in [-0.3, -0.25) is 14.6 Å². The second-order valence-electron chi connectivity index (χ2n) is 5.97. The molecule has 2 amide bonds. The molecule has 0 saturated carbocycles. The van der Waals surface area contributed by atoms with Crippen LogP contribution in [0, 0.1) is 5.41 Å². The predicted octanol–water partition coefficient (Wildman–Crippen LogP) is 3.02. The average Bonchev–Trinajstić information content (AvgIpc) is 2.60. The quantitative estimate of drug-likeness (QED) is 0.775. The molecule has 0 fully saturated rings. The Morgan fingerprint density at radius 2 is 2.00 bits per heavy atom. The third-order valence-corrected chi connectivity index (χ3v) is 3.96. The number of pyridine rings is 1. The molecule has 0 radical (unpaired) electrons. The van der Waals surface area contributed by atoms with Gasteiger partial charge in [0.1, 0.15) is 11.2 Å². The van der Waals surface area contributed by atoms with E-state index in [2.05, 4.69) is 15.6 Å². The maximum Gasteiger partial charge on any atom is 0.239 e. The maximum atomic E-state index is 12.6. The SMILES string of the molecule is COc1ccc(Cl)cc1NC(=O)C(C)(C)C(=O)NCc1cccnc1. The number of hydrogen-bond donors (Lipinski definition) is 2. The number of carbonyl (C=O) groups is 2. The Kier molecular flexibility index (Phi) is 5.98. The molecule has 2 aromatic rings. The number of carbonyl (C=O) groups excluding carboxylic acids is 2. The van der Waals surface area contributed by atoms with Gasteiger partial charge in [-0.15, -0.1) is 0 Å². The number of ether oxygens (including phenoxy) is 1. The third-order valence-electron chi connectivity index (χ3n) is 3.72. The van der Waals surface area contributed by atoms with Gasteiger partial charge in [-0.1, -0.05) is 17.7 Å². The Bertz CT molecular complexity index is 763. The molecule has 0 saturated heterocycles. The molecule has 7 heteroatoms. The van der Waals surface area contributed by atoms with Gasteiger partial charge in [-0.2, -0.15) is 0 Å². The molecule has 0 aliphatic carbocycles. The standard InChI is InChI=1S/C18H20ClN3O3/c1-18(2,16(23)21-11-12-5-4-8-20-10-12)17(24)22-14-9-13(19)6-7-15(14)25-3/h4-10H,11H2,1-3H3,(H,21,23)(H,22,24). The van der Waals surface area contributed by atoms with E-state index < -0.39 is 17.2 Å². The first-order chi connectivity index (χ1) is 11.8.